The summed E-state index contributed by atoms with van der Waals surface area (Å²) in [6, 6.07) is 21.8. The Bertz CT molecular complexity index is 1370. The molecule has 0 saturated carbocycles. The van der Waals surface area contributed by atoms with Crippen LogP contribution in [0.2, 0.25) is 0 Å². The summed E-state index contributed by atoms with van der Waals surface area (Å²) in [6.45, 7) is 1.63. The molecular formula is C25H20N4O4. The fourth-order valence-electron chi connectivity index (χ4n) is 3.86. The molecule has 3 N–H and O–H groups in total. The monoisotopic (exact) mass is 440 g/mol. The fourth-order valence-corrected chi connectivity index (χ4v) is 3.86. The van der Waals surface area contributed by atoms with Gasteiger partial charge in [-0.2, -0.15) is 4.98 Å². The summed E-state index contributed by atoms with van der Waals surface area (Å²) in [6.07, 6.45) is 0.698. The molecule has 1 aliphatic heterocycles. The lowest BCUT2D eigenvalue weighted by atomic mass is 9.91. The largest absolute Gasteiger partial charge is 0.507 e. The zero-order chi connectivity index (χ0) is 23.0. The first-order valence-corrected chi connectivity index (χ1v) is 10.4. The number of nitrogens with one attached hydrogen (secondary N) is 2. The third kappa shape index (κ3) is 3.82. The molecule has 33 heavy (non-hydrogen) atoms. The van der Waals surface area contributed by atoms with Gasteiger partial charge in [0.15, 0.2) is 0 Å². The second kappa shape index (κ2) is 7.90. The second-order valence-corrected chi connectivity index (χ2v) is 8.05. The highest BCUT2D eigenvalue weighted by Gasteiger charge is 2.43. The number of phenols is 1. The van der Waals surface area contributed by atoms with Crippen LogP contribution in [0, 0.1) is 0 Å². The number of hydrogen-bond acceptors (Lipinski definition) is 6. The summed E-state index contributed by atoms with van der Waals surface area (Å²) in [5.41, 5.74) is 2.58. The van der Waals surface area contributed by atoms with E-state index < -0.39 is 17.5 Å². The Labute approximate surface area is 189 Å². The van der Waals surface area contributed by atoms with Crippen LogP contribution in [0.4, 0.5) is 4.79 Å². The lowest BCUT2D eigenvalue weighted by Crippen LogP contribution is -2.40. The molecule has 0 radical (unpaired) electrons. The zero-order valence-corrected chi connectivity index (χ0v) is 17.7. The Morgan fingerprint density at radius 3 is 2.55 bits per heavy atom. The van der Waals surface area contributed by atoms with E-state index in [0.717, 1.165) is 11.1 Å². The number of aromatic nitrogens is 2. The average molecular weight is 440 g/mol. The highest BCUT2D eigenvalue weighted by atomic mass is 16.5. The predicted molar refractivity (Wildman–Crippen MR) is 120 cm³/mol. The van der Waals surface area contributed by atoms with Crippen molar-refractivity contribution in [2.45, 2.75) is 18.9 Å². The minimum absolute atomic E-state index is 0.0358. The van der Waals surface area contributed by atoms with Crippen LogP contribution in [0.3, 0.4) is 0 Å². The predicted octanol–water partition coefficient (Wildman–Crippen LogP) is 3.75. The molecule has 1 fully saturated rings. The van der Waals surface area contributed by atoms with Crippen molar-refractivity contribution in [3.63, 3.8) is 0 Å². The van der Waals surface area contributed by atoms with Crippen LogP contribution in [-0.4, -0.2) is 27.2 Å². The number of aromatic hydroxyl groups is 1. The maximum absolute atomic E-state index is 12.3. The molecule has 4 aromatic rings. The Morgan fingerprint density at radius 1 is 0.970 bits per heavy atom. The van der Waals surface area contributed by atoms with Crippen LogP contribution < -0.4 is 10.6 Å². The van der Waals surface area contributed by atoms with E-state index in [1.54, 1.807) is 37.3 Å². The van der Waals surface area contributed by atoms with E-state index in [-0.39, 0.29) is 11.6 Å². The number of rotatable bonds is 5. The number of carbonyl (C=O) groups is 2. The number of hydrogen-bond donors (Lipinski definition) is 3. The van der Waals surface area contributed by atoms with Gasteiger partial charge in [0.1, 0.15) is 11.3 Å². The molecule has 8 nitrogen and oxygen atoms in total. The van der Waals surface area contributed by atoms with Crippen molar-refractivity contribution in [2.75, 3.05) is 0 Å². The van der Waals surface area contributed by atoms with E-state index in [2.05, 4.69) is 20.8 Å². The molecule has 1 atom stereocenters. The minimum atomic E-state index is -1.19. The van der Waals surface area contributed by atoms with Gasteiger partial charge in [0.25, 0.3) is 11.8 Å². The van der Waals surface area contributed by atoms with Crippen molar-refractivity contribution >= 4 is 11.9 Å². The van der Waals surface area contributed by atoms with Gasteiger partial charge in [-0.25, -0.2) is 4.79 Å². The summed E-state index contributed by atoms with van der Waals surface area (Å²) in [5, 5.41) is 19.4. The highest BCUT2D eigenvalue weighted by Crippen LogP contribution is 2.32. The number of benzene rings is 3. The van der Waals surface area contributed by atoms with E-state index in [1.165, 1.54) is 0 Å². The van der Waals surface area contributed by atoms with Gasteiger partial charge in [0.2, 0.25) is 5.82 Å². The molecule has 0 bridgehead atoms. The molecule has 3 aromatic carbocycles. The smallest absolute Gasteiger partial charge is 0.322 e. The van der Waals surface area contributed by atoms with E-state index in [4.69, 9.17) is 4.52 Å². The van der Waals surface area contributed by atoms with Crippen LogP contribution in [0.15, 0.2) is 77.3 Å². The molecule has 0 aliphatic carbocycles. The first kappa shape index (κ1) is 20.4. The van der Waals surface area contributed by atoms with E-state index >= 15 is 0 Å². The maximum atomic E-state index is 12.3. The van der Waals surface area contributed by atoms with E-state index in [0.29, 0.717) is 28.9 Å². The van der Waals surface area contributed by atoms with Gasteiger partial charge in [-0.1, -0.05) is 59.8 Å². The van der Waals surface area contributed by atoms with Crippen LogP contribution in [0.1, 0.15) is 23.6 Å². The Kier molecular flexibility index (Phi) is 4.90. The van der Waals surface area contributed by atoms with Gasteiger partial charge >= 0.3 is 6.03 Å². The van der Waals surface area contributed by atoms with Gasteiger partial charge in [-0.3, -0.25) is 10.1 Å². The Morgan fingerprint density at radius 2 is 1.79 bits per heavy atom. The molecule has 8 heteroatoms. The van der Waals surface area contributed by atoms with Crippen molar-refractivity contribution in [1.29, 1.82) is 0 Å². The minimum Gasteiger partial charge on any atom is -0.507 e. The molecule has 5 rings (SSSR count). The van der Waals surface area contributed by atoms with Gasteiger partial charge in [-0.15, -0.1) is 0 Å². The van der Waals surface area contributed by atoms with Crippen molar-refractivity contribution in [1.82, 2.24) is 20.8 Å². The second-order valence-electron chi connectivity index (χ2n) is 8.05. The number of amides is 3. The molecule has 1 aromatic heterocycles. The third-order valence-electron chi connectivity index (χ3n) is 5.71. The summed E-state index contributed by atoms with van der Waals surface area (Å²) in [7, 11) is 0. The van der Waals surface area contributed by atoms with Crippen molar-refractivity contribution in [2.24, 2.45) is 0 Å². The maximum Gasteiger partial charge on any atom is 0.322 e. The molecule has 2 heterocycles. The molecule has 1 saturated heterocycles. The topological polar surface area (TPSA) is 117 Å². The third-order valence-corrected chi connectivity index (χ3v) is 5.71. The summed E-state index contributed by atoms with van der Waals surface area (Å²) in [5.74, 6) is 0.0844. The lowest BCUT2D eigenvalue weighted by Gasteiger charge is -2.21. The summed E-state index contributed by atoms with van der Waals surface area (Å²) < 4.78 is 5.45. The first-order chi connectivity index (χ1) is 15.9. The number of nitrogens with zero attached hydrogens (tertiary/aromatic N) is 2. The normalized spacial score (nSPS) is 17.6. The van der Waals surface area contributed by atoms with Crippen LogP contribution in [0.5, 0.6) is 5.75 Å². The average Bonchev–Trinajstić information content (AvgIpc) is 3.41. The fraction of sp³-hybridized carbons (Fsp3) is 0.120. The molecule has 3 amide bonds. The van der Waals surface area contributed by atoms with Gasteiger partial charge in [0.05, 0.1) is 5.56 Å². The summed E-state index contributed by atoms with van der Waals surface area (Å²) >= 11 is 0. The molecule has 0 spiro atoms. The van der Waals surface area contributed by atoms with Crippen LogP contribution in [-0.2, 0) is 16.8 Å². The number of urea groups is 1. The van der Waals surface area contributed by atoms with Crippen molar-refractivity contribution < 1.29 is 19.2 Å². The van der Waals surface area contributed by atoms with Gasteiger partial charge in [0, 0.05) is 5.56 Å². The Balaban J connectivity index is 1.45. The molecule has 1 aliphatic rings. The SMILES string of the molecule is CC1(c2cccc(-c3noc(-c4cc(Cc5ccccc5)ccc4O)n3)c2)NC(=O)NC1=O. The van der Waals surface area contributed by atoms with Crippen molar-refractivity contribution in [3.8, 4) is 28.6 Å². The molecule has 164 valence electrons. The number of imide groups is 1. The quantitative estimate of drug-likeness (QED) is 0.407. The first-order valence-electron chi connectivity index (χ1n) is 10.4. The lowest BCUT2D eigenvalue weighted by molar-refractivity contribution is -0.123. The number of carbonyl (C=O) groups excluding carboxylic acids is 2. The number of phenolic OH excluding ortho intramolecular Hbond substituents is 1. The highest BCUT2D eigenvalue weighted by molar-refractivity contribution is 6.07. The molecule has 1 unspecified atom stereocenters. The van der Waals surface area contributed by atoms with Crippen molar-refractivity contribution in [3.05, 3.63) is 89.5 Å². The van der Waals surface area contributed by atoms with E-state index in [9.17, 15) is 14.7 Å². The summed E-state index contributed by atoms with van der Waals surface area (Å²) in [4.78, 5) is 28.4. The van der Waals surface area contributed by atoms with E-state index in [1.807, 2.05) is 42.5 Å². The zero-order valence-electron chi connectivity index (χ0n) is 17.7. The molecular weight excluding hydrogens is 420 g/mol. The van der Waals surface area contributed by atoms with Gasteiger partial charge < -0.3 is 14.9 Å². The standard InChI is InChI=1S/C25H20N4O4/c1-25(23(31)27-24(32)28-25)18-9-5-8-17(14-18)21-26-22(33-29-21)19-13-16(10-11-20(19)30)12-15-6-3-2-4-7-15/h2-11,13-14,30H,12H2,1H3,(H2,27,28,31,32). The Hall–Kier alpha value is -4.46. The van der Waals surface area contributed by atoms with Crippen LogP contribution >= 0.6 is 0 Å². The van der Waals surface area contributed by atoms with Crippen LogP contribution in [0.25, 0.3) is 22.8 Å². The van der Waals surface area contributed by atoms with Gasteiger partial charge in [-0.05, 0) is 48.2 Å².